The van der Waals surface area contributed by atoms with E-state index in [1.54, 1.807) is 6.07 Å². The Kier molecular flexibility index (Phi) is 5.75. The first-order valence-electron chi connectivity index (χ1n) is 6.71. The van der Waals surface area contributed by atoms with E-state index in [0.29, 0.717) is 5.46 Å². The zero-order chi connectivity index (χ0) is 15.9. The molecule has 0 aliphatic rings. The Bertz CT molecular complexity index is 742. The van der Waals surface area contributed by atoms with Crippen molar-refractivity contribution in [2.45, 2.75) is 0 Å². The molecule has 22 heavy (non-hydrogen) atoms. The molecule has 0 aliphatic carbocycles. The first-order valence-corrected chi connectivity index (χ1v) is 6.71. The van der Waals surface area contributed by atoms with E-state index in [-0.39, 0.29) is 7.69 Å². The van der Waals surface area contributed by atoms with Crippen molar-refractivity contribution < 1.29 is 20.1 Å². The van der Waals surface area contributed by atoms with Crippen LogP contribution in [0.5, 0.6) is 0 Å². The maximum Gasteiger partial charge on any atom is 0.488 e. The van der Waals surface area contributed by atoms with E-state index in [9.17, 15) is 10.0 Å². The van der Waals surface area contributed by atoms with Gasteiger partial charge in [0.05, 0.1) is 0 Å². The molecule has 6 heteroatoms. The molecular weight excluding hydrogens is 278 g/mol. The Morgan fingerprint density at radius 1 is 0.773 bits per heavy atom. The summed E-state index contributed by atoms with van der Waals surface area (Å²) < 4.78 is 0. The fourth-order valence-electron chi connectivity index (χ4n) is 2.34. The number of hydrogen-bond donors (Lipinski definition) is 4. The van der Waals surface area contributed by atoms with Crippen LogP contribution in [0.3, 0.4) is 0 Å². The molecule has 0 aromatic heterocycles. The van der Waals surface area contributed by atoms with E-state index in [0.717, 1.165) is 16.5 Å². The van der Waals surface area contributed by atoms with Crippen molar-refractivity contribution >= 4 is 31.0 Å². The molecular formula is C16H15B2O4. The Balaban J connectivity index is 0.000000545. The predicted octanol–water partition coefficient (Wildman–Crippen LogP) is 0.692. The lowest BCUT2D eigenvalue weighted by atomic mass is 9.79. The Hall–Kier alpha value is -2.11. The quantitative estimate of drug-likeness (QED) is 0.524. The second-order valence-corrected chi connectivity index (χ2v) is 4.64. The molecule has 1 radical (unpaired) electrons. The normalized spacial score (nSPS) is 9.82. The molecule has 0 aliphatic heterocycles. The van der Waals surface area contributed by atoms with Gasteiger partial charge in [0.2, 0.25) is 0 Å². The fourth-order valence-corrected chi connectivity index (χ4v) is 2.34. The van der Waals surface area contributed by atoms with Crippen molar-refractivity contribution in [1.29, 1.82) is 0 Å². The summed E-state index contributed by atoms with van der Waals surface area (Å²) >= 11 is 0. The highest BCUT2D eigenvalue weighted by Gasteiger charge is 2.12. The molecule has 0 bridgehead atoms. The van der Waals surface area contributed by atoms with Gasteiger partial charge in [0.25, 0.3) is 0 Å². The van der Waals surface area contributed by atoms with E-state index in [1.165, 1.54) is 5.39 Å². The zero-order valence-electron chi connectivity index (χ0n) is 11.8. The van der Waals surface area contributed by atoms with Gasteiger partial charge in [0, 0.05) is 0 Å². The number of rotatable bonds is 2. The zero-order valence-corrected chi connectivity index (χ0v) is 11.8. The Morgan fingerprint density at radius 3 is 2.14 bits per heavy atom. The highest BCUT2D eigenvalue weighted by atomic mass is 16.4. The van der Waals surface area contributed by atoms with E-state index in [2.05, 4.69) is 18.2 Å². The summed E-state index contributed by atoms with van der Waals surface area (Å²) in [5.74, 6) is 0. The summed E-state index contributed by atoms with van der Waals surface area (Å²) in [5.41, 5.74) is 2.59. The third-order valence-electron chi connectivity index (χ3n) is 3.29. The molecule has 0 heterocycles. The lowest BCUT2D eigenvalue weighted by Gasteiger charge is -2.08. The van der Waals surface area contributed by atoms with Crippen molar-refractivity contribution in [3.05, 3.63) is 66.7 Å². The lowest BCUT2D eigenvalue weighted by molar-refractivity contribution is 0.425. The highest BCUT2D eigenvalue weighted by Crippen LogP contribution is 2.27. The average Bonchev–Trinajstić information content (AvgIpc) is 2.55. The van der Waals surface area contributed by atoms with Crippen LogP contribution < -0.4 is 5.46 Å². The van der Waals surface area contributed by atoms with Crippen molar-refractivity contribution in [1.82, 2.24) is 0 Å². The molecule has 109 valence electrons. The van der Waals surface area contributed by atoms with Crippen molar-refractivity contribution in [3.63, 3.8) is 0 Å². The minimum Gasteiger partial charge on any atom is -0.429 e. The smallest absolute Gasteiger partial charge is 0.429 e. The monoisotopic (exact) mass is 293 g/mol. The predicted molar refractivity (Wildman–Crippen MR) is 89.4 cm³/mol. The van der Waals surface area contributed by atoms with Gasteiger partial charge in [0.15, 0.2) is 0 Å². The van der Waals surface area contributed by atoms with Crippen LogP contribution in [0.4, 0.5) is 0 Å². The molecule has 4 N–H and O–H groups in total. The summed E-state index contributed by atoms with van der Waals surface area (Å²) in [5, 5.41) is 34.9. The summed E-state index contributed by atoms with van der Waals surface area (Å²) in [6.07, 6.45) is 0. The van der Waals surface area contributed by atoms with E-state index in [1.807, 2.05) is 42.5 Å². The molecule has 0 amide bonds. The van der Waals surface area contributed by atoms with Crippen LogP contribution in [-0.4, -0.2) is 34.9 Å². The number of hydrogen-bond acceptors (Lipinski definition) is 4. The van der Waals surface area contributed by atoms with Crippen LogP contribution in [0.25, 0.3) is 21.9 Å². The third-order valence-corrected chi connectivity index (χ3v) is 3.29. The van der Waals surface area contributed by atoms with Crippen LogP contribution in [0.15, 0.2) is 66.7 Å². The maximum atomic E-state index is 9.26. The van der Waals surface area contributed by atoms with Crippen LogP contribution in [-0.2, 0) is 0 Å². The number of benzene rings is 3. The SMILES string of the molecule is OB(O)c1cccc(-c2cccc3ccccc23)c1.O[B]O. The standard InChI is InChI=1S/C16H13BO2.BH2O2/c18-17(19)14-8-3-7-13(11-14)16-10-4-6-12-5-1-2-9-15(12)16;2-1-3/h1-11,18-19H;2-3H. The van der Waals surface area contributed by atoms with Crippen molar-refractivity contribution in [2.24, 2.45) is 0 Å². The third kappa shape index (κ3) is 3.75. The summed E-state index contributed by atoms with van der Waals surface area (Å²) in [6.45, 7) is 0. The highest BCUT2D eigenvalue weighted by molar-refractivity contribution is 6.58. The second kappa shape index (κ2) is 7.77. The van der Waals surface area contributed by atoms with Gasteiger partial charge in [-0.3, -0.25) is 0 Å². The van der Waals surface area contributed by atoms with Gasteiger partial charge in [-0.15, -0.1) is 0 Å². The molecule has 3 aromatic carbocycles. The van der Waals surface area contributed by atoms with Gasteiger partial charge in [-0.1, -0.05) is 66.7 Å². The molecule has 3 rings (SSSR count). The first-order chi connectivity index (χ1) is 10.7. The van der Waals surface area contributed by atoms with Crippen LogP contribution in [0.2, 0.25) is 0 Å². The molecule has 0 atom stereocenters. The van der Waals surface area contributed by atoms with E-state index in [4.69, 9.17) is 10.0 Å². The van der Waals surface area contributed by atoms with Gasteiger partial charge >= 0.3 is 14.8 Å². The van der Waals surface area contributed by atoms with Crippen LogP contribution in [0, 0.1) is 0 Å². The van der Waals surface area contributed by atoms with Crippen LogP contribution in [0.1, 0.15) is 0 Å². The summed E-state index contributed by atoms with van der Waals surface area (Å²) in [6, 6.07) is 21.6. The van der Waals surface area contributed by atoms with Crippen molar-refractivity contribution in [2.75, 3.05) is 0 Å². The lowest BCUT2D eigenvalue weighted by Crippen LogP contribution is -2.29. The van der Waals surface area contributed by atoms with Crippen molar-refractivity contribution in [3.8, 4) is 11.1 Å². The molecule has 0 spiro atoms. The minimum absolute atomic E-state index is 0. The minimum atomic E-state index is -1.44. The largest absolute Gasteiger partial charge is 0.488 e. The molecule has 4 nitrogen and oxygen atoms in total. The average molecular weight is 293 g/mol. The van der Waals surface area contributed by atoms with E-state index < -0.39 is 7.12 Å². The molecule has 3 aromatic rings. The molecule has 0 saturated heterocycles. The number of fused-ring (bicyclic) bond motifs is 1. The maximum absolute atomic E-state index is 9.26. The first kappa shape index (κ1) is 16.3. The Morgan fingerprint density at radius 2 is 1.41 bits per heavy atom. The van der Waals surface area contributed by atoms with Gasteiger partial charge in [-0.05, 0) is 27.4 Å². The molecule has 0 unspecified atom stereocenters. The Labute approximate surface area is 129 Å². The summed E-state index contributed by atoms with van der Waals surface area (Å²) in [7, 11) is -1.44. The van der Waals surface area contributed by atoms with Gasteiger partial charge in [0.1, 0.15) is 0 Å². The molecule has 0 fully saturated rings. The topological polar surface area (TPSA) is 80.9 Å². The van der Waals surface area contributed by atoms with E-state index >= 15 is 0 Å². The second-order valence-electron chi connectivity index (χ2n) is 4.64. The molecule has 0 saturated carbocycles. The van der Waals surface area contributed by atoms with Gasteiger partial charge in [-0.25, -0.2) is 0 Å². The van der Waals surface area contributed by atoms with Crippen LogP contribution >= 0.6 is 0 Å². The fraction of sp³-hybridized carbons (Fsp3) is 0. The summed E-state index contributed by atoms with van der Waals surface area (Å²) in [4.78, 5) is 0. The van der Waals surface area contributed by atoms with Gasteiger partial charge < -0.3 is 20.1 Å². The van der Waals surface area contributed by atoms with Gasteiger partial charge in [-0.2, -0.15) is 0 Å².